The molecular formula is C13H23N3O4. The standard InChI is InChI=1S/C13H23N3O4/c1-8(2)11(13(19)20)15-12(18)9-3-5-16(6-4-9)10(17)7-14/h8-9,11H,3-7,14H2,1-2H3,(H,15,18)(H,19,20)/t11-/m0/s1. The van der Waals surface area contributed by atoms with Crippen LogP contribution in [-0.2, 0) is 14.4 Å². The molecule has 1 aliphatic rings. The number of nitrogens with zero attached hydrogens (tertiary/aromatic N) is 1. The molecule has 7 heteroatoms. The molecule has 1 fully saturated rings. The maximum absolute atomic E-state index is 12.0. The number of hydrogen-bond acceptors (Lipinski definition) is 4. The van der Waals surface area contributed by atoms with Crippen LogP contribution in [0.1, 0.15) is 26.7 Å². The van der Waals surface area contributed by atoms with Gasteiger partial charge in [0.15, 0.2) is 6.54 Å². The Labute approximate surface area is 118 Å². The van der Waals surface area contributed by atoms with Crippen molar-refractivity contribution in [3.8, 4) is 0 Å². The van der Waals surface area contributed by atoms with Crippen LogP contribution in [0.5, 0.6) is 0 Å². The number of carboxylic acid groups (broad SMARTS) is 1. The number of likely N-dealkylation sites (tertiary alicyclic amines) is 1. The van der Waals surface area contributed by atoms with Gasteiger partial charge in [0, 0.05) is 19.0 Å². The van der Waals surface area contributed by atoms with E-state index in [9.17, 15) is 19.5 Å². The van der Waals surface area contributed by atoms with Gasteiger partial charge in [0.05, 0.1) is 12.0 Å². The van der Waals surface area contributed by atoms with Crippen molar-refractivity contribution in [1.82, 2.24) is 10.2 Å². The summed E-state index contributed by atoms with van der Waals surface area (Å²) in [4.78, 5) is 36.2. The van der Waals surface area contributed by atoms with E-state index in [4.69, 9.17) is 0 Å². The summed E-state index contributed by atoms with van der Waals surface area (Å²) in [6, 6.07) is -0.970. The highest BCUT2D eigenvalue weighted by molar-refractivity contribution is 5.85. The minimum atomic E-state index is -1.27. The number of aliphatic carboxylic acids is 1. The van der Waals surface area contributed by atoms with Gasteiger partial charge in [0.25, 0.3) is 5.91 Å². The molecule has 1 aliphatic heterocycles. The zero-order valence-electron chi connectivity index (χ0n) is 12.1. The lowest BCUT2D eigenvalue weighted by molar-refractivity contribution is -0.357. The van der Waals surface area contributed by atoms with Crippen LogP contribution in [0.2, 0.25) is 0 Å². The number of carbonyl (C=O) groups is 3. The monoisotopic (exact) mass is 285 g/mol. The van der Waals surface area contributed by atoms with Crippen LogP contribution in [0.4, 0.5) is 0 Å². The summed E-state index contributed by atoms with van der Waals surface area (Å²) in [5.74, 6) is -2.02. The molecule has 0 aliphatic carbocycles. The predicted molar refractivity (Wildman–Crippen MR) is 68.8 cm³/mol. The van der Waals surface area contributed by atoms with E-state index < -0.39 is 12.0 Å². The molecule has 0 bridgehead atoms. The van der Waals surface area contributed by atoms with E-state index in [1.54, 1.807) is 18.7 Å². The van der Waals surface area contributed by atoms with Crippen LogP contribution in [0.15, 0.2) is 0 Å². The molecule has 114 valence electrons. The molecule has 7 nitrogen and oxygen atoms in total. The van der Waals surface area contributed by atoms with Gasteiger partial charge in [-0.1, -0.05) is 13.8 Å². The Bertz CT molecular complexity index is 376. The fourth-order valence-corrected chi connectivity index (χ4v) is 2.32. The van der Waals surface area contributed by atoms with Crippen LogP contribution in [0, 0.1) is 11.8 Å². The zero-order valence-corrected chi connectivity index (χ0v) is 12.1. The molecule has 0 spiro atoms. The highest BCUT2D eigenvalue weighted by atomic mass is 16.4. The van der Waals surface area contributed by atoms with Gasteiger partial charge in [0.2, 0.25) is 5.91 Å². The van der Waals surface area contributed by atoms with Crippen LogP contribution in [0.25, 0.3) is 0 Å². The Morgan fingerprint density at radius 3 is 2.25 bits per heavy atom. The largest absolute Gasteiger partial charge is 0.548 e. The third-order valence-electron chi connectivity index (χ3n) is 3.65. The summed E-state index contributed by atoms with van der Waals surface area (Å²) < 4.78 is 0. The summed E-state index contributed by atoms with van der Waals surface area (Å²) in [6.45, 7) is 4.69. The van der Waals surface area contributed by atoms with E-state index in [0.717, 1.165) is 0 Å². The normalized spacial score (nSPS) is 17.9. The molecular weight excluding hydrogens is 262 g/mol. The van der Waals surface area contributed by atoms with E-state index in [1.165, 1.54) is 0 Å². The number of amides is 2. The summed E-state index contributed by atoms with van der Waals surface area (Å²) >= 11 is 0. The van der Waals surface area contributed by atoms with Gasteiger partial charge >= 0.3 is 0 Å². The quantitative estimate of drug-likeness (QED) is 0.574. The third kappa shape index (κ3) is 4.19. The van der Waals surface area contributed by atoms with Crippen LogP contribution in [0.3, 0.4) is 0 Å². The minimum absolute atomic E-state index is 0.0151. The second-order valence-electron chi connectivity index (χ2n) is 5.45. The molecule has 0 saturated carbocycles. The summed E-state index contributed by atoms with van der Waals surface area (Å²) in [5.41, 5.74) is 3.55. The van der Waals surface area contributed by atoms with Crippen LogP contribution >= 0.6 is 0 Å². The molecule has 0 aromatic heterocycles. The van der Waals surface area contributed by atoms with E-state index in [-0.39, 0.29) is 30.2 Å². The molecule has 4 N–H and O–H groups in total. The number of piperidine rings is 1. The first-order valence-corrected chi connectivity index (χ1v) is 6.95. The maximum atomic E-state index is 12.0. The first-order chi connectivity index (χ1) is 9.36. The van der Waals surface area contributed by atoms with Crippen molar-refractivity contribution in [2.45, 2.75) is 32.7 Å². The van der Waals surface area contributed by atoms with Crippen molar-refractivity contribution in [2.24, 2.45) is 11.8 Å². The topological polar surface area (TPSA) is 117 Å². The van der Waals surface area contributed by atoms with Crippen molar-refractivity contribution in [2.75, 3.05) is 19.6 Å². The molecule has 2 amide bonds. The SMILES string of the molecule is CC(C)[C@H](NC(=O)C1CCN(C(=O)C[NH3+])CC1)C(=O)[O-]. The van der Waals surface area contributed by atoms with Crippen LogP contribution < -0.4 is 16.2 Å². The Hall–Kier alpha value is -1.63. The molecule has 0 radical (unpaired) electrons. The van der Waals surface area contributed by atoms with Crippen molar-refractivity contribution in [3.63, 3.8) is 0 Å². The van der Waals surface area contributed by atoms with E-state index >= 15 is 0 Å². The Kier molecular flexibility index (Phi) is 5.94. The maximum Gasteiger partial charge on any atom is 0.277 e. The van der Waals surface area contributed by atoms with Gasteiger partial charge in [-0.05, 0) is 18.8 Å². The van der Waals surface area contributed by atoms with E-state index in [2.05, 4.69) is 11.1 Å². The van der Waals surface area contributed by atoms with Crippen molar-refractivity contribution < 1.29 is 25.2 Å². The van der Waals surface area contributed by atoms with Gasteiger partial charge < -0.3 is 25.9 Å². The lowest BCUT2D eigenvalue weighted by Gasteiger charge is -2.32. The van der Waals surface area contributed by atoms with Gasteiger partial charge in [-0.2, -0.15) is 0 Å². The number of carboxylic acids is 1. The highest BCUT2D eigenvalue weighted by Crippen LogP contribution is 2.18. The molecule has 1 saturated heterocycles. The Morgan fingerprint density at radius 1 is 1.30 bits per heavy atom. The first kappa shape index (κ1) is 16.4. The van der Waals surface area contributed by atoms with Gasteiger partial charge in [0.1, 0.15) is 0 Å². The number of hydrogen-bond donors (Lipinski definition) is 2. The predicted octanol–water partition coefficient (Wildman–Crippen LogP) is -2.64. The summed E-state index contributed by atoms with van der Waals surface area (Å²) in [7, 11) is 0. The average Bonchev–Trinajstić information content (AvgIpc) is 2.43. The van der Waals surface area contributed by atoms with Crippen molar-refractivity contribution in [3.05, 3.63) is 0 Å². The van der Waals surface area contributed by atoms with Gasteiger partial charge in [-0.15, -0.1) is 0 Å². The zero-order chi connectivity index (χ0) is 15.3. The molecule has 1 rings (SSSR count). The van der Waals surface area contributed by atoms with E-state index in [0.29, 0.717) is 25.9 Å². The van der Waals surface area contributed by atoms with Gasteiger partial charge in [-0.3, -0.25) is 9.59 Å². The number of quaternary nitrogens is 1. The minimum Gasteiger partial charge on any atom is -0.548 e. The number of nitrogens with one attached hydrogen (secondary N) is 1. The first-order valence-electron chi connectivity index (χ1n) is 6.95. The molecule has 1 heterocycles. The average molecular weight is 285 g/mol. The highest BCUT2D eigenvalue weighted by Gasteiger charge is 2.29. The number of rotatable bonds is 5. The van der Waals surface area contributed by atoms with Crippen molar-refractivity contribution >= 4 is 17.8 Å². The number of carbonyl (C=O) groups excluding carboxylic acids is 3. The Balaban J connectivity index is 2.50. The Morgan fingerprint density at radius 2 is 1.85 bits per heavy atom. The van der Waals surface area contributed by atoms with Gasteiger partial charge in [-0.25, -0.2) is 0 Å². The van der Waals surface area contributed by atoms with E-state index in [1.807, 2.05) is 0 Å². The summed E-state index contributed by atoms with van der Waals surface area (Å²) in [6.07, 6.45) is 1.10. The second kappa shape index (κ2) is 7.23. The molecule has 0 unspecified atom stereocenters. The third-order valence-corrected chi connectivity index (χ3v) is 3.65. The smallest absolute Gasteiger partial charge is 0.277 e. The second-order valence-corrected chi connectivity index (χ2v) is 5.45. The molecule has 20 heavy (non-hydrogen) atoms. The van der Waals surface area contributed by atoms with Crippen molar-refractivity contribution in [1.29, 1.82) is 0 Å². The summed E-state index contributed by atoms with van der Waals surface area (Å²) in [5, 5.41) is 13.5. The molecule has 0 aromatic carbocycles. The lowest BCUT2D eigenvalue weighted by Crippen LogP contribution is -2.59. The molecule has 0 aromatic rings. The lowest BCUT2D eigenvalue weighted by atomic mass is 9.94. The molecule has 1 atom stereocenters. The fraction of sp³-hybridized carbons (Fsp3) is 0.769. The fourth-order valence-electron chi connectivity index (χ4n) is 2.32. The van der Waals surface area contributed by atoms with Crippen LogP contribution in [-0.4, -0.2) is 48.4 Å².